The van der Waals surface area contributed by atoms with Crippen LogP contribution in [0, 0.1) is 0 Å². The third-order valence-electron chi connectivity index (χ3n) is 2.98. The van der Waals surface area contributed by atoms with E-state index in [2.05, 4.69) is 4.90 Å². The summed E-state index contributed by atoms with van der Waals surface area (Å²) < 4.78 is 5.62. The van der Waals surface area contributed by atoms with Crippen LogP contribution in [0.4, 0.5) is 0 Å². The molecule has 1 aliphatic rings. The number of piperidine rings is 1. The Morgan fingerprint density at radius 3 is 3.00 bits per heavy atom. The van der Waals surface area contributed by atoms with Gasteiger partial charge in [-0.15, -0.1) is 0 Å². The van der Waals surface area contributed by atoms with Gasteiger partial charge in [0.15, 0.2) is 0 Å². The van der Waals surface area contributed by atoms with Crippen molar-refractivity contribution >= 4 is 11.6 Å². The summed E-state index contributed by atoms with van der Waals surface area (Å²) >= 11 is 5.99. The zero-order valence-electron chi connectivity index (χ0n) is 9.81. The fourth-order valence-electron chi connectivity index (χ4n) is 2.08. The molecule has 0 spiro atoms. The van der Waals surface area contributed by atoms with E-state index in [1.54, 1.807) is 0 Å². The minimum Gasteiger partial charge on any atom is -0.491 e. The van der Waals surface area contributed by atoms with E-state index in [0.29, 0.717) is 11.6 Å². The molecule has 0 amide bonds. The molecule has 1 N–H and O–H groups in total. The molecule has 1 atom stereocenters. The zero-order valence-corrected chi connectivity index (χ0v) is 10.6. The van der Waals surface area contributed by atoms with Gasteiger partial charge in [0.2, 0.25) is 0 Å². The molecular formula is C13H18ClNO2. The van der Waals surface area contributed by atoms with Gasteiger partial charge in [-0.05, 0) is 31.5 Å². The Morgan fingerprint density at radius 2 is 2.24 bits per heavy atom. The molecule has 0 aliphatic carbocycles. The third-order valence-corrected chi connectivity index (χ3v) is 3.29. The fraction of sp³-hybridized carbons (Fsp3) is 0.538. The van der Waals surface area contributed by atoms with Crippen LogP contribution in [0.5, 0.6) is 5.75 Å². The summed E-state index contributed by atoms with van der Waals surface area (Å²) in [4.78, 5) is 2.23. The molecule has 0 bridgehead atoms. The molecule has 0 aromatic heterocycles. The Kier molecular flexibility index (Phi) is 4.66. The Hall–Kier alpha value is -0.770. The van der Waals surface area contributed by atoms with Crippen molar-refractivity contribution in [3.05, 3.63) is 29.3 Å². The molecule has 3 nitrogen and oxygen atoms in total. The molecule has 1 aliphatic heterocycles. The van der Waals surface area contributed by atoms with E-state index < -0.39 is 0 Å². The number of ether oxygens (including phenoxy) is 1. The van der Waals surface area contributed by atoms with Gasteiger partial charge in [0, 0.05) is 13.1 Å². The summed E-state index contributed by atoms with van der Waals surface area (Å²) in [5.41, 5.74) is 0. The maximum Gasteiger partial charge on any atom is 0.137 e. The van der Waals surface area contributed by atoms with Crippen molar-refractivity contribution in [1.29, 1.82) is 0 Å². The van der Waals surface area contributed by atoms with E-state index in [1.165, 1.54) is 0 Å². The van der Waals surface area contributed by atoms with Crippen LogP contribution in [-0.2, 0) is 0 Å². The molecule has 1 saturated heterocycles. The monoisotopic (exact) mass is 255 g/mol. The number of benzene rings is 1. The van der Waals surface area contributed by atoms with E-state index in [9.17, 15) is 5.11 Å². The summed E-state index contributed by atoms with van der Waals surface area (Å²) in [6, 6.07) is 7.48. The molecule has 0 saturated carbocycles. The highest BCUT2D eigenvalue weighted by Crippen LogP contribution is 2.23. The molecular weight excluding hydrogens is 238 g/mol. The molecule has 0 radical (unpaired) electrons. The second-order valence-electron chi connectivity index (χ2n) is 4.38. The normalized spacial score (nSPS) is 21.4. The topological polar surface area (TPSA) is 32.7 Å². The van der Waals surface area contributed by atoms with E-state index in [-0.39, 0.29) is 6.10 Å². The van der Waals surface area contributed by atoms with Crippen LogP contribution >= 0.6 is 11.6 Å². The Labute approximate surface area is 107 Å². The average molecular weight is 256 g/mol. The smallest absolute Gasteiger partial charge is 0.137 e. The van der Waals surface area contributed by atoms with Gasteiger partial charge < -0.3 is 9.84 Å². The second-order valence-corrected chi connectivity index (χ2v) is 4.78. The second kappa shape index (κ2) is 6.24. The van der Waals surface area contributed by atoms with Crippen molar-refractivity contribution in [2.45, 2.75) is 18.9 Å². The molecule has 17 heavy (non-hydrogen) atoms. The maximum atomic E-state index is 9.54. The lowest BCUT2D eigenvalue weighted by Crippen LogP contribution is -2.40. The van der Waals surface area contributed by atoms with E-state index in [4.69, 9.17) is 16.3 Å². The number of nitrogens with zero attached hydrogens (tertiary/aromatic N) is 1. The van der Waals surface area contributed by atoms with E-state index in [0.717, 1.165) is 38.2 Å². The predicted octanol–water partition coefficient (Wildman–Crippen LogP) is 2.18. The summed E-state index contributed by atoms with van der Waals surface area (Å²) in [7, 11) is 0. The van der Waals surface area contributed by atoms with Gasteiger partial charge in [0.1, 0.15) is 12.4 Å². The minimum atomic E-state index is -0.177. The van der Waals surface area contributed by atoms with Crippen LogP contribution in [0.15, 0.2) is 24.3 Å². The first-order valence-corrected chi connectivity index (χ1v) is 6.41. The number of likely N-dealkylation sites (tertiary alicyclic amines) is 1. The van der Waals surface area contributed by atoms with Crippen molar-refractivity contribution in [1.82, 2.24) is 4.90 Å². The number of rotatable bonds is 4. The van der Waals surface area contributed by atoms with Crippen LogP contribution in [-0.4, -0.2) is 42.4 Å². The molecule has 94 valence electrons. The molecule has 1 heterocycles. The quantitative estimate of drug-likeness (QED) is 0.895. The van der Waals surface area contributed by atoms with Crippen molar-refractivity contribution < 1.29 is 9.84 Å². The van der Waals surface area contributed by atoms with Crippen molar-refractivity contribution in [3.8, 4) is 5.75 Å². The highest BCUT2D eigenvalue weighted by molar-refractivity contribution is 6.32. The number of para-hydroxylation sites is 1. The minimum absolute atomic E-state index is 0.177. The number of β-amino-alcohol motifs (C(OH)–C–C–N with tert-alkyl or cyclic N) is 1. The van der Waals surface area contributed by atoms with E-state index in [1.807, 2.05) is 24.3 Å². The number of hydrogen-bond acceptors (Lipinski definition) is 3. The standard InChI is InChI=1S/C13H18ClNO2/c14-12-5-1-2-6-13(12)17-9-8-15-7-3-4-11(16)10-15/h1-2,5-6,11,16H,3-4,7-10H2. The van der Waals surface area contributed by atoms with Gasteiger partial charge in [-0.2, -0.15) is 0 Å². The van der Waals surface area contributed by atoms with Crippen LogP contribution in [0.2, 0.25) is 5.02 Å². The number of hydrogen-bond donors (Lipinski definition) is 1. The molecule has 1 aromatic carbocycles. The van der Waals surface area contributed by atoms with Gasteiger partial charge in [-0.25, -0.2) is 0 Å². The van der Waals surface area contributed by atoms with Crippen LogP contribution < -0.4 is 4.74 Å². The summed E-state index contributed by atoms with van der Waals surface area (Å²) in [6.45, 7) is 3.24. The SMILES string of the molecule is OC1CCCN(CCOc2ccccc2Cl)C1. The van der Waals surface area contributed by atoms with Gasteiger partial charge in [0.05, 0.1) is 11.1 Å². The number of aliphatic hydroxyl groups excluding tert-OH is 1. The van der Waals surface area contributed by atoms with E-state index >= 15 is 0 Å². The van der Waals surface area contributed by atoms with Gasteiger partial charge in [0.25, 0.3) is 0 Å². The molecule has 4 heteroatoms. The van der Waals surface area contributed by atoms with Gasteiger partial charge in [-0.3, -0.25) is 4.90 Å². The third kappa shape index (κ3) is 3.87. The molecule has 1 aromatic rings. The largest absolute Gasteiger partial charge is 0.491 e. The summed E-state index contributed by atoms with van der Waals surface area (Å²) in [5.74, 6) is 0.728. The number of aliphatic hydroxyl groups is 1. The van der Waals surface area contributed by atoms with Gasteiger partial charge in [-0.1, -0.05) is 23.7 Å². The lowest BCUT2D eigenvalue weighted by molar-refractivity contribution is 0.0633. The summed E-state index contributed by atoms with van der Waals surface area (Å²) in [6.07, 6.45) is 1.80. The van der Waals surface area contributed by atoms with Crippen molar-refractivity contribution in [2.24, 2.45) is 0 Å². The molecule has 1 unspecified atom stereocenters. The first kappa shape index (κ1) is 12.7. The summed E-state index contributed by atoms with van der Waals surface area (Å²) in [5, 5.41) is 10.2. The lowest BCUT2D eigenvalue weighted by atomic mass is 10.1. The van der Waals surface area contributed by atoms with Crippen molar-refractivity contribution in [2.75, 3.05) is 26.2 Å². The Balaban J connectivity index is 1.74. The maximum absolute atomic E-state index is 9.54. The highest BCUT2D eigenvalue weighted by Gasteiger charge is 2.17. The van der Waals surface area contributed by atoms with Crippen molar-refractivity contribution in [3.63, 3.8) is 0 Å². The lowest BCUT2D eigenvalue weighted by Gasteiger charge is -2.29. The average Bonchev–Trinajstić information content (AvgIpc) is 2.32. The van der Waals surface area contributed by atoms with Gasteiger partial charge >= 0.3 is 0 Å². The molecule has 1 fully saturated rings. The predicted molar refractivity (Wildman–Crippen MR) is 68.6 cm³/mol. The number of halogens is 1. The zero-order chi connectivity index (χ0) is 12.1. The first-order valence-electron chi connectivity index (χ1n) is 6.03. The Morgan fingerprint density at radius 1 is 1.41 bits per heavy atom. The van der Waals surface area contributed by atoms with Crippen LogP contribution in [0.25, 0.3) is 0 Å². The Bertz CT molecular complexity index is 359. The fourth-order valence-corrected chi connectivity index (χ4v) is 2.27. The first-order chi connectivity index (χ1) is 8.25. The van der Waals surface area contributed by atoms with Crippen LogP contribution in [0.1, 0.15) is 12.8 Å². The van der Waals surface area contributed by atoms with Crippen LogP contribution in [0.3, 0.4) is 0 Å². The molecule has 2 rings (SSSR count). The highest BCUT2D eigenvalue weighted by atomic mass is 35.5.